The van der Waals surface area contributed by atoms with Crippen molar-refractivity contribution in [3.63, 3.8) is 0 Å². The number of ether oxygens (including phenoxy) is 4. The molecule has 0 rings (SSSR count). The van der Waals surface area contributed by atoms with Crippen molar-refractivity contribution in [1.82, 2.24) is 0 Å². The maximum absolute atomic E-state index is 10.9. The smallest absolute Gasteiger partial charge is 0.344 e. The lowest BCUT2D eigenvalue weighted by atomic mass is 10.4. The highest BCUT2D eigenvalue weighted by atomic mass is 16.6. The molecule has 134 valence electrons. The summed E-state index contributed by atoms with van der Waals surface area (Å²) in [5, 5.41) is 0. The van der Waals surface area contributed by atoms with Crippen LogP contribution in [0.5, 0.6) is 0 Å². The van der Waals surface area contributed by atoms with Crippen LogP contribution in [0.15, 0.2) is 37.1 Å². The summed E-state index contributed by atoms with van der Waals surface area (Å²) in [7, 11) is 0. The van der Waals surface area contributed by atoms with E-state index < -0.39 is 24.5 Å². The Labute approximate surface area is 140 Å². The van der Waals surface area contributed by atoms with E-state index in [-0.39, 0.29) is 24.8 Å². The fourth-order valence-electron chi connectivity index (χ4n) is 0.806. The van der Waals surface area contributed by atoms with Crippen LogP contribution in [0.25, 0.3) is 0 Å². The number of esters is 4. The van der Waals surface area contributed by atoms with Gasteiger partial charge in [0.2, 0.25) is 0 Å². The zero-order chi connectivity index (χ0) is 19.0. The maximum Gasteiger partial charge on any atom is 0.344 e. The topological polar surface area (TPSA) is 105 Å². The molecular formula is C16H22O8. The van der Waals surface area contributed by atoms with Crippen LogP contribution >= 0.6 is 0 Å². The summed E-state index contributed by atoms with van der Waals surface area (Å²) in [6.45, 7) is 10.2. The van der Waals surface area contributed by atoms with Gasteiger partial charge in [-0.1, -0.05) is 19.2 Å². The molecule has 24 heavy (non-hydrogen) atoms. The molecule has 0 N–H and O–H groups in total. The molecule has 8 heteroatoms. The molecule has 8 nitrogen and oxygen atoms in total. The number of hydrogen-bond donors (Lipinski definition) is 0. The molecule has 0 saturated heterocycles. The summed E-state index contributed by atoms with van der Waals surface area (Å²) in [5.41, 5.74) is 0.270. The zero-order valence-electron chi connectivity index (χ0n) is 14.0. The minimum atomic E-state index is -0.693. The molecule has 0 amide bonds. The molecule has 0 aliphatic heterocycles. The van der Waals surface area contributed by atoms with Gasteiger partial charge < -0.3 is 18.9 Å². The van der Waals surface area contributed by atoms with E-state index in [9.17, 15) is 19.2 Å². The molecular weight excluding hydrogens is 320 g/mol. The molecule has 0 fully saturated rings. The van der Waals surface area contributed by atoms with Crippen LogP contribution in [0, 0.1) is 0 Å². The van der Waals surface area contributed by atoms with E-state index in [1.165, 1.54) is 33.1 Å². The van der Waals surface area contributed by atoms with Crippen molar-refractivity contribution < 1.29 is 38.1 Å². The van der Waals surface area contributed by atoms with E-state index in [4.69, 9.17) is 0 Å². The van der Waals surface area contributed by atoms with E-state index in [0.29, 0.717) is 0 Å². The van der Waals surface area contributed by atoms with E-state index in [2.05, 4.69) is 32.1 Å². The minimum Gasteiger partial charge on any atom is -0.460 e. The molecule has 0 spiro atoms. The fraction of sp³-hybridized carbons (Fsp3) is 0.375. The Kier molecular flexibility index (Phi) is 14.6. The first-order valence-electron chi connectivity index (χ1n) is 6.77. The minimum absolute atomic E-state index is 0.0580. The van der Waals surface area contributed by atoms with Gasteiger partial charge in [-0.25, -0.2) is 9.59 Å². The van der Waals surface area contributed by atoms with Crippen LogP contribution in [0.2, 0.25) is 0 Å². The standard InChI is InChI=1S/C10H14O6.C6H8O2/c1-7(2)10(13)15-5-4-14-9(12)6-16-8(3)11;1-3-4-5-8-6(2)7/h1,4-6H2,2-3H3;3-5H,1H2,2H3. The predicted molar refractivity (Wildman–Crippen MR) is 84.5 cm³/mol. The van der Waals surface area contributed by atoms with E-state index in [0.717, 1.165) is 0 Å². The van der Waals surface area contributed by atoms with Crippen molar-refractivity contribution in [3.05, 3.63) is 37.1 Å². The van der Waals surface area contributed by atoms with E-state index in [1.54, 1.807) is 6.08 Å². The van der Waals surface area contributed by atoms with Crippen molar-refractivity contribution in [2.45, 2.75) is 20.8 Å². The molecule has 0 aromatic heterocycles. The van der Waals surface area contributed by atoms with Crippen molar-refractivity contribution in [2.24, 2.45) is 0 Å². The Morgan fingerprint density at radius 2 is 1.50 bits per heavy atom. The van der Waals surface area contributed by atoms with Gasteiger partial charge in [0.15, 0.2) is 6.61 Å². The molecule has 0 radical (unpaired) electrons. The summed E-state index contributed by atoms with van der Waals surface area (Å²) in [4.78, 5) is 42.1. The van der Waals surface area contributed by atoms with E-state index in [1.807, 2.05) is 0 Å². The van der Waals surface area contributed by atoms with Gasteiger partial charge in [-0.15, -0.1) is 0 Å². The number of carbonyl (C=O) groups is 4. The summed E-state index contributed by atoms with van der Waals surface area (Å²) in [6.07, 6.45) is 4.36. The summed E-state index contributed by atoms with van der Waals surface area (Å²) < 4.78 is 18.0. The second kappa shape index (κ2) is 15.0. The SMILES string of the molecule is C=C(C)C(=O)OCCOC(=O)COC(C)=O.C=CC=COC(C)=O. The first kappa shape index (κ1) is 23.4. The van der Waals surface area contributed by atoms with Crippen molar-refractivity contribution in [1.29, 1.82) is 0 Å². The molecule has 0 unspecified atom stereocenters. The largest absolute Gasteiger partial charge is 0.460 e. The van der Waals surface area contributed by atoms with Gasteiger partial charge in [0.25, 0.3) is 0 Å². The Hall–Kier alpha value is -2.90. The van der Waals surface area contributed by atoms with Gasteiger partial charge in [0.05, 0.1) is 6.26 Å². The highest BCUT2D eigenvalue weighted by Crippen LogP contribution is 1.92. The fourth-order valence-corrected chi connectivity index (χ4v) is 0.806. The van der Waals surface area contributed by atoms with Crippen LogP contribution in [-0.2, 0) is 38.1 Å². The third-order valence-corrected chi connectivity index (χ3v) is 1.77. The van der Waals surface area contributed by atoms with Gasteiger partial charge in [-0.05, 0) is 13.0 Å². The normalized spacial score (nSPS) is 9.12. The highest BCUT2D eigenvalue weighted by molar-refractivity contribution is 5.86. The second-order valence-corrected chi connectivity index (χ2v) is 4.09. The van der Waals surface area contributed by atoms with Crippen LogP contribution in [-0.4, -0.2) is 43.7 Å². The molecule has 0 aromatic rings. The monoisotopic (exact) mass is 342 g/mol. The lowest BCUT2D eigenvalue weighted by Crippen LogP contribution is -2.18. The summed E-state index contributed by atoms with van der Waals surface area (Å²) >= 11 is 0. The Morgan fingerprint density at radius 3 is 1.96 bits per heavy atom. The third kappa shape index (κ3) is 19.1. The van der Waals surface area contributed by atoms with Gasteiger partial charge >= 0.3 is 23.9 Å². The number of carbonyl (C=O) groups excluding carboxylic acids is 4. The average molecular weight is 342 g/mol. The van der Waals surface area contributed by atoms with Crippen molar-refractivity contribution >= 4 is 23.9 Å². The average Bonchev–Trinajstić information content (AvgIpc) is 2.49. The molecule has 0 aliphatic carbocycles. The third-order valence-electron chi connectivity index (χ3n) is 1.77. The number of hydrogen-bond acceptors (Lipinski definition) is 8. The zero-order valence-corrected chi connectivity index (χ0v) is 14.0. The van der Waals surface area contributed by atoms with Crippen LogP contribution in [0.3, 0.4) is 0 Å². The van der Waals surface area contributed by atoms with Crippen LogP contribution in [0.1, 0.15) is 20.8 Å². The van der Waals surface area contributed by atoms with Crippen molar-refractivity contribution in [2.75, 3.05) is 19.8 Å². The van der Waals surface area contributed by atoms with Gasteiger partial charge in [-0.3, -0.25) is 9.59 Å². The molecule has 0 bridgehead atoms. The lowest BCUT2D eigenvalue weighted by Gasteiger charge is -2.05. The summed E-state index contributed by atoms with van der Waals surface area (Å²) in [5.74, 6) is -2.12. The van der Waals surface area contributed by atoms with Gasteiger partial charge in [0, 0.05) is 19.4 Å². The number of rotatable bonds is 8. The maximum atomic E-state index is 10.9. The van der Waals surface area contributed by atoms with Gasteiger partial charge in [-0.2, -0.15) is 0 Å². The van der Waals surface area contributed by atoms with Gasteiger partial charge in [0.1, 0.15) is 13.2 Å². The Bertz CT molecular complexity index is 490. The first-order chi connectivity index (χ1) is 11.2. The second-order valence-electron chi connectivity index (χ2n) is 4.09. The molecule has 0 atom stereocenters. The molecule has 0 heterocycles. The highest BCUT2D eigenvalue weighted by Gasteiger charge is 2.06. The lowest BCUT2D eigenvalue weighted by molar-refractivity contribution is -0.159. The van der Waals surface area contributed by atoms with E-state index >= 15 is 0 Å². The Morgan fingerprint density at radius 1 is 0.917 bits per heavy atom. The van der Waals surface area contributed by atoms with Crippen LogP contribution < -0.4 is 0 Å². The quantitative estimate of drug-likeness (QED) is 0.163. The van der Waals surface area contributed by atoms with Crippen molar-refractivity contribution in [3.8, 4) is 0 Å². The summed E-state index contributed by atoms with van der Waals surface area (Å²) in [6, 6.07) is 0. The number of allylic oxidation sites excluding steroid dienone is 2. The Balaban J connectivity index is 0. The predicted octanol–water partition coefficient (Wildman–Crippen LogP) is 1.46. The first-order valence-corrected chi connectivity index (χ1v) is 6.77. The van der Waals surface area contributed by atoms with Crippen LogP contribution in [0.4, 0.5) is 0 Å². The molecule has 0 saturated carbocycles. The molecule has 0 aliphatic rings. The molecule has 0 aromatic carbocycles.